The third kappa shape index (κ3) is 6.76. The topological polar surface area (TPSA) is 94.2 Å². The average Bonchev–Trinajstić information content (AvgIpc) is 3.65. The van der Waals surface area contributed by atoms with Gasteiger partial charge in [0.1, 0.15) is 35.7 Å². The highest BCUT2D eigenvalue weighted by molar-refractivity contribution is 14.1. The van der Waals surface area contributed by atoms with Crippen LogP contribution in [0.3, 0.4) is 0 Å². The molecule has 1 amide bonds. The van der Waals surface area contributed by atoms with Crippen LogP contribution in [0.2, 0.25) is 17.1 Å². The number of ketones is 1. The third-order valence-corrected chi connectivity index (χ3v) is 18.8. The first kappa shape index (κ1) is 39.4. The lowest BCUT2D eigenvalue weighted by molar-refractivity contribution is -0.178. The minimum atomic E-state index is -1.97. The van der Waals surface area contributed by atoms with Crippen molar-refractivity contribution < 1.29 is 28.3 Å². The van der Waals surface area contributed by atoms with Gasteiger partial charge in [-0.25, -0.2) is 0 Å². The van der Waals surface area contributed by atoms with E-state index < -0.39 is 49.8 Å². The summed E-state index contributed by atoms with van der Waals surface area (Å²) in [7, 11) is -1.97. The summed E-state index contributed by atoms with van der Waals surface area (Å²) in [5.74, 6) is -1.39. The number of rotatable bonds is 13. The highest BCUT2D eigenvalue weighted by Gasteiger charge is 2.73. The van der Waals surface area contributed by atoms with E-state index in [9.17, 15) is 14.4 Å². The minimum absolute atomic E-state index is 0.244. The molecule has 288 valence electrons. The lowest BCUT2D eigenvalue weighted by Crippen LogP contribution is -2.52. The molecule has 6 atom stereocenters. The lowest BCUT2D eigenvalue weighted by atomic mass is 9.64. The molecule has 10 heteroatoms. The second-order valence-electron chi connectivity index (χ2n) is 15.8. The van der Waals surface area contributed by atoms with E-state index in [1.807, 2.05) is 103 Å². The number of hydrogen-bond acceptors (Lipinski definition) is 7. The van der Waals surface area contributed by atoms with Gasteiger partial charge in [0, 0.05) is 9.26 Å². The molecule has 0 aliphatic carbocycles. The monoisotopic (exact) mass is 870 g/mol. The summed E-state index contributed by atoms with van der Waals surface area (Å²) < 4.78 is 20.4. The number of anilines is 1. The Balaban J connectivity index is 1.34. The smallest absolute Gasteiger partial charge is 0.324 e. The molecule has 0 unspecified atom stereocenters. The highest BCUT2D eigenvalue weighted by Crippen LogP contribution is 2.65. The van der Waals surface area contributed by atoms with Crippen LogP contribution in [0.5, 0.6) is 5.75 Å². The van der Waals surface area contributed by atoms with Gasteiger partial charge in [0.05, 0.1) is 24.6 Å². The average molecular weight is 871 g/mol. The zero-order valence-electron chi connectivity index (χ0n) is 32.5. The molecular formula is C45H51IN2O6Si. The number of morpholine rings is 1. The van der Waals surface area contributed by atoms with Crippen molar-refractivity contribution in [2.24, 2.45) is 5.92 Å². The van der Waals surface area contributed by atoms with Crippen LogP contribution in [-0.2, 0) is 29.0 Å². The maximum atomic E-state index is 14.9. The number of nitrogens with zero attached hydrogens (tertiary/aromatic N) is 1. The Morgan fingerprint density at radius 3 is 2.09 bits per heavy atom. The van der Waals surface area contributed by atoms with Gasteiger partial charge >= 0.3 is 5.97 Å². The van der Waals surface area contributed by atoms with Crippen LogP contribution in [0.4, 0.5) is 5.69 Å². The molecule has 0 aromatic heterocycles. The Kier molecular flexibility index (Phi) is 11.4. The van der Waals surface area contributed by atoms with Crippen LogP contribution in [-0.4, -0.2) is 50.1 Å². The van der Waals surface area contributed by atoms with Crippen molar-refractivity contribution in [1.82, 2.24) is 4.90 Å². The molecule has 2 saturated heterocycles. The third-order valence-electron chi connectivity index (χ3n) is 12.2. The van der Waals surface area contributed by atoms with Crippen LogP contribution >= 0.6 is 22.6 Å². The highest BCUT2D eigenvalue weighted by atomic mass is 127. The molecular weight excluding hydrogens is 819 g/mol. The molecule has 55 heavy (non-hydrogen) atoms. The van der Waals surface area contributed by atoms with E-state index >= 15 is 0 Å². The number of nitrogens with one attached hydrogen (secondary N) is 1. The zero-order valence-corrected chi connectivity index (χ0v) is 35.6. The number of carbonyl (C=O) groups excluding carboxylic acids is 3. The number of esters is 1. The van der Waals surface area contributed by atoms with Crippen LogP contribution in [0.15, 0.2) is 103 Å². The summed E-state index contributed by atoms with van der Waals surface area (Å²) in [6.07, 6.45) is 0.409. The molecule has 1 N–H and O–H groups in total. The molecule has 2 fully saturated rings. The SMILES string of the molecule is CCC[Si](OCCOc1ccc([C@@H]2N3[C@H](C(=O)O[C@@H](c4ccccc4)[C@H]3c3ccccc3)[C@H](C(C)=O)[C@@]23C(=O)Nc2ccc(I)cc23)cc1)(C(C)C)C(C)C. The second-order valence-corrected chi connectivity index (χ2v) is 22.1. The quantitative estimate of drug-likeness (QED) is 0.0619. The van der Waals surface area contributed by atoms with Gasteiger partial charge in [0.15, 0.2) is 8.32 Å². The van der Waals surface area contributed by atoms with E-state index in [0.717, 1.165) is 32.7 Å². The van der Waals surface area contributed by atoms with Crippen LogP contribution in [0, 0.1) is 9.49 Å². The second kappa shape index (κ2) is 16.0. The fourth-order valence-corrected chi connectivity index (χ4v) is 15.0. The number of Topliss-reactive ketones (excluding diaryl/α,β-unsaturated/α-hetero) is 1. The van der Waals surface area contributed by atoms with Crippen molar-refractivity contribution >= 4 is 54.3 Å². The fraction of sp³-hybridized carbons (Fsp3) is 0.400. The van der Waals surface area contributed by atoms with Gasteiger partial charge in [-0.15, -0.1) is 0 Å². The van der Waals surface area contributed by atoms with Crippen molar-refractivity contribution in [1.29, 1.82) is 0 Å². The number of carbonyl (C=O) groups is 3. The number of fused-ring (bicyclic) bond motifs is 3. The van der Waals surface area contributed by atoms with Gasteiger partial charge < -0.3 is 19.2 Å². The number of cyclic esters (lactones) is 1. The first-order chi connectivity index (χ1) is 26.4. The Labute approximate surface area is 339 Å². The number of hydrogen-bond donors (Lipinski definition) is 1. The maximum absolute atomic E-state index is 14.9. The molecule has 1 spiro atoms. The Morgan fingerprint density at radius 1 is 0.855 bits per heavy atom. The largest absolute Gasteiger partial charge is 0.491 e. The Morgan fingerprint density at radius 2 is 1.49 bits per heavy atom. The van der Waals surface area contributed by atoms with E-state index in [1.54, 1.807) is 0 Å². The molecule has 0 saturated carbocycles. The van der Waals surface area contributed by atoms with Gasteiger partial charge in [-0.3, -0.25) is 19.3 Å². The van der Waals surface area contributed by atoms with Crippen LogP contribution in [0.25, 0.3) is 0 Å². The zero-order chi connectivity index (χ0) is 39.1. The van der Waals surface area contributed by atoms with Crippen molar-refractivity contribution in [3.8, 4) is 5.75 Å². The molecule has 3 heterocycles. The fourth-order valence-electron chi connectivity index (χ4n) is 9.94. The Hall–Kier alpha value is -3.84. The lowest BCUT2D eigenvalue weighted by Gasteiger charge is -2.46. The predicted octanol–water partition coefficient (Wildman–Crippen LogP) is 9.72. The predicted molar refractivity (Wildman–Crippen MR) is 225 cm³/mol. The summed E-state index contributed by atoms with van der Waals surface area (Å²) >= 11 is 2.25. The van der Waals surface area contributed by atoms with Crippen molar-refractivity contribution in [2.45, 2.75) is 94.7 Å². The molecule has 0 radical (unpaired) electrons. The number of amides is 1. The molecule has 8 nitrogen and oxygen atoms in total. The summed E-state index contributed by atoms with van der Waals surface area (Å²) in [5, 5.41) is 3.14. The van der Waals surface area contributed by atoms with Gasteiger partial charge in [-0.2, -0.15) is 0 Å². The number of ether oxygens (including phenoxy) is 2. The molecule has 0 bridgehead atoms. The van der Waals surface area contributed by atoms with Gasteiger partial charge in [-0.05, 0) is 99.2 Å². The van der Waals surface area contributed by atoms with Gasteiger partial charge in [0.25, 0.3) is 0 Å². The normalized spacial score (nSPS) is 24.9. The first-order valence-corrected chi connectivity index (χ1v) is 22.9. The van der Waals surface area contributed by atoms with Gasteiger partial charge in [0.2, 0.25) is 5.91 Å². The Bertz CT molecular complexity index is 2020. The molecule has 3 aliphatic heterocycles. The molecule has 4 aromatic rings. The summed E-state index contributed by atoms with van der Waals surface area (Å²) in [5.41, 5.74) is 3.50. The molecule has 3 aliphatic rings. The van der Waals surface area contributed by atoms with E-state index in [0.29, 0.717) is 41.3 Å². The standard InChI is InChI=1S/C45H51IN2O6Si/c1-7-26-55(28(2)3,29(4)5)53-25-24-52-35-21-18-33(19-22-35)42-45(36-27-34(46)20-23-37(36)47-44(45)51)38(30(6)49)40-43(50)54-41(32-16-12-9-13-17-32)39(48(40)42)31-14-10-8-11-15-31/h8-23,27-29,38-42H,7,24-26H2,1-6H3,(H,47,51)/t38-,39+,40-,41-,42-,45+/m0/s1. The van der Waals surface area contributed by atoms with Crippen molar-refractivity contribution in [2.75, 3.05) is 18.5 Å². The number of benzene rings is 4. The van der Waals surface area contributed by atoms with E-state index in [4.69, 9.17) is 13.9 Å². The van der Waals surface area contributed by atoms with E-state index in [2.05, 4.69) is 67.4 Å². The van der Waals surface area contributed by atoms with Crippen molar-refractivity contribution in [3.05, 3.63) is 129 Å². The van der Waals surface area contributed by atoms with Crippen molar-refractivity contribution in [3.63, 3.8) is 0 Å². The summed E-state index contributed by atoms with van der Waals surface area (Å²) in [6, 6.07) is 32.2. The summed E-state index contributed by atoms with van der Waals surface area (Å²) in [6.45, 7) is 13.8. The molecule has 4 aromatic carbocycles. The molecule has 7 rings (SSSR count). The van der Waals surface area contributed by atoms with E-state index in [1.165, 1.54) is 6.92 Å². The van der Waals surface area contributed by atoms with Gasteiger partial charge in [-0.1, -0.05) is 114 Å². The maximum Gasteiger partial charge on any atom is 0.324 e. The van der Waals surface area contributed by atoms with Crippen LogP contribution in [0.1, 0.15) is 88.4 Å². The van der Waals surface area contributed by atoms with E-state index in [-0.39, 0.29) is 11.7 Å². The minimum Gasteiger partial charge on any atom is -0.491 e. The van der Waals surface area contributed by atoms with Crippen LogP contribution < -0.4 is 10.1 Å². The number of halogens is 1. The summed E-state index contributed by atoms with van der Waals surface area (Å²) in [4.78, 5) is 45.8. The first-order valence-electron chi connectivity index (χ1n) is 19.5.